The fourth-order valence-corrected chi connectivity index (χ4v) is 6.93. The van der Waals surface area contributed by atoms with Crippen LogP contribution in [0.2, 0.25) is 5.02 Å². The molecule has 184 valence electrons. The summed E-state index contributed by atoms with van der Waals surface area (Å²) in [6.45, 7) is 3.95. The maximum absolute atomic E-state index is 13.8. The van der Waals surface area contributed by atoms with Gasteiger partial charge in [0.25, 0.3) is 0 Å². The molecule has 0 spiro atoms. The van der Waals surface area contributed by atoms with Crippen molar-refractivity contribution in [2.75, 3.05) is 6.61 Å². The Morgan fingerprint density at radius 2 is 1.89 bits per heavy atom. The number of hydrogen-bond acceptors (Lipinski definition) is 6. The zero-order valence-electron chi connectivity index (χ0n) is 20.1. The van der Waals surface area contributed by atoms with Gasteiger partial charge in [-0.05, 0) is 67.4 Å². The number of ketones is 1. The minimum Gasteiger partial charge on any atom is -0.462 e. The molecule has 0 unspecified atom stereocenters. The van der Waals surface area contributed by atoms with Crippen molar-refractivity contribution in [2.45, 2.75) is 23.8 Å². The van der Waals surface area contributed by atoms with E-state index in [0.29, 0.717) is 43.2 Å². The summed E-state index contributed by atoms with van der Waals surface area (Å²) in [4.78, 5) is 27.5. The van der Waals surface area contributed by atoms with Crippen LogP contribution >= 0.6 is 34.7 Å². The lowest BCUT2D eigenvalue weighted by Gasteiger charge is -2.05. The molecule has 0 radical (unpaired) electrons. The van der Waals surface area contributed by atoms with Gasteiger partial charge < -0.3 is 9.14 Å². The van der Waals surface area contributed by atoms with Crippen LogP contribution < -0.4 is 0 Å². The molecule has 0 bridgehead atoms. The predicted molar refractivity (Wildman–Crippen MR) is 149 cm³/mol. The lowest BCUT2D eigenvalue weighted by molar-refractivity contribution is 0.0531. The van der Waals surface area contributed by atoms with Crippen molar-refractivity contribution in [1.82, 2.24) is 4.40 Å². The molecule has 0 atom stereocenters. The molecular weight excluding hydrogens is 524 g/mol. The van der Waals surface area contributed by atoms with Crippen LogP contribution in [0.15, 0.2) is 71.1 Å². The number of nitriles is 1. The Morgan fingerprint density at radius 1 is 1.14 bits per heavy atom. The molecule has 0 fully saturated rings. The molecule has 3 heterocycles. The average Bonchev–Trinajstić information content (AvgIpc) is 3.42. The van der Waals surface area contributed by atoms with E-state index in [9.17, 15) is 14.9 Å². The molecular formula is C29H21ClN2O3S2. The highest BCUT2D eigenvalue weighted by Crippen LogP contribution is 2.45. The molecule has 0 aliphatic rings. The van der Waals surface area contributed by atoms with E-state index in [1.807, 2.05) is 47.9 Å². The highest BCUT2D eigenvalue weighted by Gasteiger charge is 2.29. The van der Waals surface area contributed by atoms with Crippen LogP contribution in [-0.2, 0) is 10.5 Å². The molecule has 0 saturated heterocycles. The number of pyridine rings is 1. The number of benzene rings is 2. The Balaban J connectivity index is 1.75. The van der Waals surface area contributed by atoms with Gasteiger partial charge in [0.2, 0.25) is 5.78 Å². The Morgan fingerprint density at radius 3 is 2.62 bits per heavy atom. The number of thiophene rings is 1. The van der Waals surface area contributed by atoms with Crippen molar-refractivity contribution in [3.63, 3.8) is 0 Å². The third-order valence-electron chi connectivity index (χ3n) is 6.00. The van der Waals surface area contributed by atoms with E-state index in [1.165, 1.54) is 11.3 Å². The van der Waals surface area contributed by atoms with E-state index in [4.69, 9.17) is 16.3 Å². The molecule has 0 N–H and O–H groups in total. The minimum atomic E-state index is -0.463. The number of thioether (sulfide) groups is 1. The molecule has 5 nitrogen and oxygen atoms in total. The maximum atomic E-state index is 13.8. The van der Waals surface area contributed by atoms with Gasteiger partial charge >= 0.3 is 5.97 Å². The molecule has 5 rings (SSSR count). The maximum Gasteiger partial charge on any atom is 0.341 e. The Labute approximate surface area is 227 Å². The molecule has 0 saturated carbocycles. The zero-order valence-corrected chi connectivity index (χ0v) is 22.5. The molecule has 0 amide bonds. The Hall–Kier alpha value is -3.57. The van der Waals surface area contributed by atoms with Gasteiger partial charge in [-0.1, -0.05) is 29.8 Å². The second kappa shape index (κ2) is 10.4. The SMILES string of the molecule is CCOC(=O)c1c2c(C(=O)c3ccc(Cl)cc3)sc(SCc3ccccc3C#N)c2n2ccc(C)cc12. The normalized spacial score (nSPS) is 11.1. The highest BCUT2D eigenvalue weighted by atomic mass is 35.5. The third-order valence-corrected chi connectivity index (χ3v) is 8.74. The van der Waals surface area contributed by atoms with Crippen LogP contribution in [0.25, 0.3) is 16.4 Å². The summed E-state index contributed by atoms with van der Waals surface area (Å²) in [6, 6.07) is 20.4. The summed E-state index contributed by atoms with van der Waals surface area (Å²) >= 11 is 8.96. The summed E-state index contributed by atoms with van der Waals surface area (Å²) in [5, 5.41) is 10.7. The first-order valence-electron chi connectivity index (χ1n) is 11.6. The lowest BCUT2D eigenvalue weighted by Crippen LogP contribution is -2.06. The zero-order chi connectivity index (χ0) is 26.1. The van der Waals surface area contributed by atoms with E-state index >= 15 is 0 Å². The van der Waals surface area contributed by atoms with Crippen molar-refractivity contribution in [3.8, 4) is 6.07 Å². The Kier molecular flexibility index (Phi) is 7.07. The fourth-order valence-electron chi connectivity index (χ4n) is 4.27. The van der Waals surface area contributed by atoms with Gasteiger partial charge in [-0.2, -0.15) is 5.26 Å². The van der Waals surface area contributed by atoms with Crippen molar-refractivity contribution in [2.24, 2.45) is 0 Å². The van der Waals surface area contributed by atoms with Crippen LogP contribution in [-0.4, -0.2) is 22.8 Å². The van der Waals surface area contributed by atoms with Crippen molar-refractivity contribution in [1.29, 1.82) is 5.26 Å². The number of carbonyl (C=O) groups excluding carboxylic acids is 2. The summed E-state index contributed by atoms with van der Waals surface area (Å²) < 4.78 is 8.29. The second-order valence-electron chi connectivity index (χ2n) is 8.39. The third kappa shape index (κ3) is 4.64. The van der Waals surface area contributed by atoms with Crippen molar-refractivity contribution in [3.05, 3.63) is 105 Å². The molecule has 0 aliphatic carbocycles. The van der Waals surface area contributed by atoms with Gasteiger partial charge in [0.15, 0.2) is 0 Å². The predicted octanol–water partition coefficient (Wildman–Crippen LogP) is 7.69. The van der Waals surface area contributed by atoms with E-state index in [0.717, 1.165) is 20.9 Å². The van der Waals surface area contributed by atoms with Crippen LogP contribution in [0.5, 0.6) is 0 Å². The van der Waals surface area contributed by atoms with Crippen molar-refractivity contribution >= 4 is 62.9 Å². The molecule has 5 aromatic rings. The number of fused-ring (bicyclic) bond motifs is 3. The smallest absolute Gasteiger partial charge is 0.341 e. The molecule has 3 aromatic heterocycles. The summed E-state index contributed by atoms with van der Waals surface area (Å²) in [7, 11) is 0. The number of halogens is 1. The van der Waals surface area contributed by atoms with Gasteiger partial charge in [0, 0.05) is 27.9 Å². The lowest BCUT2D eigenvalue weighted by atomic mass is 10.1. The van der Waals surface area contributed by atoms with Crippen LogP contribution in [0, 0.1) is 18.3 Å². The number of hydrogen-bond donors (Lipinski definition) is 0. The number of ether oxygens (including phenoxy) is 1. The fraction of sp³-hybridized carbons (Fsp3) is 0.138. The van der Waals surface area contributed by atoms with Gasteiger partial charge in [-0.3, -0.25) is 4.79 Å². The Bertz CT molecular complexity index is 1710. The number of carbonyl (C=O) groups is 2. The molecule has 37 heavy (non-hydrogen) atoms. The summed E-state index contributed by atoms with van der Waals surface area (Å²) in [6.07, 6.45) is 1.92. The first-order valence-corrected chi connectivity index (χ1v) is 13.8. The van der Waals surface area contributed by atoms with E-state index in [2.05, 4.69) is 6.07 Å². The van der Waals surface area contributed by atoms with Gasteiger partial charge in [-0.15, -0.1) is 23.1 Å². The minimum absolute atomic E-state index is 0.186. The monoisotopic (exact) mass is 544 g/mol. The van der Waals surface area contributed by atoms with E-state index in [1.54, 1.807) is 49.0 Å². The number of esters is 1. The van der Waals surface area contributed by atoms with Crippen LogP contribution in [0.3, 0.4) is 0 Å². The molecule has 2 aromatic carbocycles. The standard InChI is InChI=1S/C29H21ClN2O3S2/c1-3-35-28(34)23-22-14-17(2)12-13-32(22)25-24(23)27(26(33)18-8-10-21(30)11-9-18)37-29(25)36-16-20-7-5-4-6-19(20)15-31/h4-14H,3,16H2,1-2H3. The second-order valence-corrected chi connectivity index (χ2v) is 11.1. The average molecular weight is 545 g/mol. The summed E-state index contributed by atoms with van der Waals surface area (Å²) in [5.41, 5.74) is 4.87. The highest BCUT2D eigenvalue weighted by molar-refractivity contribution is 8.00. The number of rotatable bonds is 7. The number of aryl methyl sites for hydroxylation is 1. The quantitative estimate of drug-likeness (QED) is 0.119. The summed E-state index contributed by atoms with van der Waals surface area (Å²) in [5.74, 6) is -0.106. The first kappa shape index (κ1) is 25.1. The van der Waals surface area contributed by atoms with Gasteiger partial charge in [-0.25, -0.2) is 4.79 Å². The molecule has 8 heteroatoms. The number of nitrogens with zero attached hydrogens (tertiary/aromatic N) is 2. The van der Waals surface area contributed by atoms with Crippen LogP contribution in [0.1, 0.15) is 49.2 Å². The van der Waals surface area contributed by atoms with Gasteiger partial charge in [0.05, 0.1) is 43.9 Å². The molecule has 0 aliphatic heterocycles. The van der Waals surface area contributed by atoms with Crippen LogP contribution in [0.4, 0.5) is 0 Å². The van der Waals surface area contributed by atoms with E-state index < -0.39 is 5.97 Å². The first-order chi connectivity index (χ1) is 17.9. The van der Waals surface area contributed by atoms with Crippen molar-refractivity contribution < 1.29 is 14.3 Å². The van der Waals surface area contributed by atoms with Gasteiger partial charge in [0.1, 0.15) is 0 Å². The largest absolute Gasteiger partial charge is 0.462 e. The van der Waals surface area contributed by atoms with E-state index in [-0.39, 0.29) is 12.4 Å². The topological polar surface area (TPSA) is 71.6 Å². The number of aromatic nitrogens is 1.